The molecule has 0 bridgehead atoms. The monoisotopic (exact) mass is 305 g/mol. The Morgan fingerprint density at radius 1 is 1.05 bits per heavy atom. The quantitative estimate of drug-likeness (QED) is 0.908. The van der Waals surface area contributed by atoms with Crippen LogP contribution >= 0.6 is 11.6 Å². The first-order valence-electron chi connectivity index (χ1n) is 6.80. The molecule has 2 aromatic rings. The third-order valence-corrected chi connectivity index (χ3v) is 3.42. The van der Waals surface area contributed by atoms with Crippen molar-refractivity contribution < 1.29 is 9.47 Å². The molecule has 0 saturated carbocycles. The van der Waals surface area contributed by atoms with Gasteiger partial charge in [0.05, 0.1) is 7.11 Å². The van der Waals surface area contributed by atoms with Crippen LogP contribution in [-0.2, 0) is 13.2 Å². The van der Waals surface area contributed by atoms with E-state index >= 15 is 0 Å². The molecule has 0 aliphatic rings. The van der Waals surface area contributed by atoms with Crippen molar-refractivity contribution in [1.29, 1.82) is 0 Å². The molecule has 21 heavy (non-hydrogen) atoms. The molecule has 2 N–H and O–H groups in total. The van der Waals surface area contributed by atoms with E-state index in [1.54, 1.807) is 19.2 Å². The fourth-order valence-electron chi connectivity index (χ4n) is 2.40. The van der Waals surface area contributed by atoms with E-state index in [1.807, 2.05) is 0 Å². The third-order valence-electron chi connectivity index (χ3n) is 3.20. The Bertz CT molecular complexity index is 595. The lowest BCUT2D eigenvalue weighted by molar-refractivity contribution is 0.281. The maximum Gasteiger partial charge on any atom is 0.166 e. The van der Waals surface area contributed by atoms with Gasteiger partial charge >= 0.3 is 0 Å². The van der Waals surface area contributed by atoms with Crippen molar-refractivity contribution in [2.75, 3.05) is 7.11 Å². The van der Waals surface area contributed by atoms with E-state index in [1.165, 1.54) is 11.1 Å². The largest absolute Gasteiger partial charge is 0.493 e. The summed E-state index contributed by atoms with van der Waals surface area (Å²) in [6.45, 7) is 4.96. The van der Waals surface area contributed by atoms with E-state index in [0.717, 1.165) is 11.1 Å². The van der Waals surface area contributed by atoms with Gasteiger partial charge in [-0.25, -0.2) is 0 Å². The minimum atomic E-state index is 0.346. The van der Waals surface area contributed by atoms with Crippen LogP contribution in [0.1, 0.15) is 22.3 Å². The maximum atomic E-state index is 6.05. The number of benzene rings is 2. The standard InChI is InChI=1S/C17H20ClNO2/c1-11-4-12(2)6-13(5-11)10-21-17-14(9-19)7-15(18)8-16(17)20-3/h4-8H,9-10,19H2,1-3H3. The van der Waals surface area contributed by atoms with E-state index in [0.29, 0.717) is 29.7 Å². The van der Waals surface area contributed by atoms with Crippen LogP contribution in [0, 0.1) is 13.8 Å². The number of hydrogen-bond donors (Lipinski definition) is 1. The second-order valence-electron chi connectivity index (χ2n) is 5.09. The molecule has 0 amide bonds. The van der Waals surface area contributed by atoms with Crippen LogP contribution in [0.2, 0.25) is 5.02 Å². The zero-order valence-corrected chi connectivity index (χ0v) is 13.3. The number of hydrogen-bond acceptors (Lipinski definition) is 3. The summed E-state index contributed by atoms with van der Waals surface area (Å²) >= 11 is 6.05. The second-order valence-corrected chi connectivity index (χ2v) is 5.52. The highest BCUT2D eigenvalue weighted by molar-refractivity contribution is 6.30. The van der Waals surface area contributed by atoms with E-state index < -0.39 is 0 Å². The molecule has 0 saturated heterocycles. The van der Waals surface area contributed by atoms with Gasteiger partial charge in [0.2, 0.25) is 0 Å². The molecule has 0 unspecified atom stereocenters. The maximum absolute atomic E-state index is 6.05. The number of aryl methyl sites for hydroxylation is 2. The van der Waals surface area contributed by atoms with Gasteiger partial charge in [-0.15, -0.1) is 0 Å². The Hall–Kier alpha value is -1.71. The normalized spacial score (nSPS) is 10.5. The Morgan fingerprint density at radius 3 is 2.29 bits per heavy atom. The summed E-state index contributed by atoms with van der Waals surface area (Å²) < 4.78 is 11.3. The van der Waals surface area contributed by atoms with Crippen molar-refractivity contribution in [2.24, 2.45) is 5.73 Å². The number of methoxy groups -OCH3 is 1. The van der Waals surface area contributed by atoms with Gasteiger partial charge in [0.15, 0.2) is 11.5 Å². The summed E-state index contributed by atoms with van der Waals surface area (Å²) in [7, 11) is 1.59. The lowest BCUT2D eigenvalue weighted by Gasteiger charge is -2.15. The SMILES string of the molecule is COc1cc(Cl)cc(CN)c1OCc1cc(C)cc(C)c1. The fraction of sp³-hybridized carbons (Fsp3) is 0.294. The summed E-state index contributed by atoms with van der Waals surface area (Å²) in [5.41, 5.74) is 10.2. The van der Waals surface area contributed by atoms with Crippen LogP contribution < -0.4 is 15.2 Å². The summed E-state index contributed by atoms with van der Waals surface area (Å²) in [5.74, 6) is 1.26. The van der Waals surface area contributed by atoms with Crippen LogP contribution in [0.25, 0.3) is 0 Å². The zero-order chi connectivity index (χ0) is 15.4. The molecule has 0 aliphatic heterocycles. The molecule has 0 radical (unpaired) electrons. The smallest absolute Gasteiger partial charge is 0.166 e. The van der Waals surface area contributed by atoms with Crippen molar-refractivity contribution in [2.45, 2.75) is 27.0 Å². The minimum absolute atomic E-state index is 0.346. The highest BCUT2D eigenvalue weighted by Crippen LogP contribution is 2.35. The molecule has 0 aliphatic carbocycles. The highest BCUT2D eigenvalue weighted by atomic mass is 35.5. The average Bonchev–Trinajstić information content (AvgIpc) is 2.43. The first-order valence-corrected chi connectivity index (χ1v) is 7.17. The van der Waals surface area contributed by atoms with Crippen molar-refractivity contribution in [3.05, 3.63) is 57.6 Å². The lowest BCUT2D eigenvalue weighted by Crippen LogP contribution is -2.05. The molecule has 2 aromatic carbocycles. The average molecular weight is 306 g/mol. The molecule has 4 heteroatoms. The van der Waals surface area contributed by atoms with Gasteiger partial charge in [0, 0.05) is 23.2 Å². The summed E-state index contributed by atoms with van der Waals surface area (Å²) in [6.07, 6.45) is 0. The summed E-state index contributed by atoms with van der Waals surface area (Å²) in [5, 5.41) is 0.589. The molecule has 0 atom stereocenters. The predicted octanol–water partition coefficient (Wildman–Crippen LogP) is 4.00. The first kappa shape index (κ1) is 15.7. The van der Waals surface area contributed by atoms with Gasteiger partial charge in [-0.3, -0.25) is 0 Å². The Morgan fingerprint density at radius 2 is 1.71 bits per heavy atom. The van der Waals surface area contributed by atoms with Crippen molar-refractivity contribution in [3.63, 3.8) is 0 Å². The number of nitrogens with two attached hydrogens (primary N) is 1. The molecule has 0 heterocycles. The third kappa shape index (κ3) is 3.90. The van der Waals surface area contributed by atoms with E-state index in [9.17, 15) is 0 Å². The second kappa shape index (κ2) is 6.83. The molecular weight excluding hydrogens is 286 g/mol. The molecule has 0 aromatic heterocycles. The van der Waals surface area contributed by atoms with E-state index in [-0.39, 0.29) is 0 Å². The molecule has 112 valence electrons. The van der Waals surface area contributed by atoms with E-state index in [2.05, 4.69) is 32.0 Å². The predicted molar refractivity (Wildman–Crippen MR) is 86.1 cm³/mol. The van der Waals surface area contributed by atoms with Gasteiger partial charge in [-0.1, -0.05) is 40.9 Å². The van der Waals surface area contributed by atoms with Gasteiger partial charge in [-0.05, 0) is 25.5 Å². The van der Waals surface area contributed by atoms with E-state index in [4.69, 9.17) is 26.8 Å². The molecule has 3 nitrogen and oxygen atoms in total. The highest BCUT2D eigenvalue weighted by Gasteiger charge is 2.12. The fourth-order valence-corrected chi connectivity index (χ4v) is 2.63. The topological polar surface area (TPSA) is 44.5 Å². The number of ether oxygens (including phenoxy) is 2. The zero-order valence-electron chi connectivity index (χ0n) is 12.6. The molecular formula is C17H20ClNO2. The Kier molecular flexibility index (Phi) is 5.10. The molecule has 2 rings (SSSR count). The molecule has 0 fully saturated rings. The van der Waals surface area contributed by atoms with Crippen LogP contribution in [0.15, 0.2) is 30.3 Å². The van der Waals surface area contributed by atoms with Gasteiger partial charge < -0.3 is 15.2 Å². The summed E-state index contributed by atoms with van der Waals surface area (Å²) in [4.78, 5) is 0. The number of rotatable bonds is 5. The van der Waals surface area contributed by atoms with Crippen molar-refractivity contribution >= 4 is 11.6 Å². The minimum Gasteiger partial charge on any atom is -0.493 e. The van der Waals surface area contributed by atoms with Gasteiger partial charge in [0.25, 0.3) is 0 Å². The van der Waals surface area contributed by atoms with Crippen molar-refractivity contribution in [1.82, 2.24) is 0 Å². The van der Waals surface area contributed by atoms with Crippen LogP contribution in [0.3, 0.4) is 0 Å². The Labute approximate surface area is 130 Å². The van der Waals surface area contributed by atoms with Crippen molar-refractivity contribution in [3.8, 4) is 11.5 Å². The first-order chi connectivity index (χ1) is 10.0. The summed E-state index contributed by atoms with van der Waals surface area (Å²) in [6, 6.07) is 9.89. The molecule has 0 spiro atoms. The van der Waals surface area contributed by atoms with Crippen LogP contribution in [-0.4, -0.2) is 7.11 Å². The van der Waals surface area contributed by atoms with Gasteiger partial charge in [0.1, 0.15) is 6.61 Å². The van der Waals surface area contributed by atoms with Crippen LogP contribution in [0.5, 0.6) is 11.5 Å². The van der Waals surface area contributed by atoms with Gasteiger partial charge in [-0.2, -0.15) is 0 Å². The van der Waals surface area contributed by atoms with Crippen LogP contribution in [0.4, 0.5) is 0 Å². The lowest BCUT2D eigenvalue weighted by atomic mass is 10.1. The Balaban J connectivity index is 2.26. The number of halogens is 1.